The van der Waals surface area contributed by atoms with Crippen LogP contribution in [-0.2, 0) is 9.59 Å². The molecule has 0 saturated heterocycles. The molecule has 29 heavy (non-hydrogen) atoms. The molecular weight excluding hydrogens is 374 g/mol. The Morgan fingerprint density at radius 2 is 2.00 bits per heavy atom. The van der Waals surface area contributed by atoms with E-state index in [0.29, 0.717) is 29.2 Å². The van der Waals surface area contributed by atoms with Crippen molar-refractivity contribution in [2.75, 3.05) is 23.4 Å². The fourth-order valence-electron chi connectivity index (χ4n) is 2.91. The van der Waals surface area contributed by atoms with E-state index >= 15 is 0 Å². The van der Waals surface area contributed by atoms with E-state index in [-0.39, 0.29) is 30.0 Å². The Kier molecular flexibility index (Phi) is 5.92. The molecular formula is C21H21N3O5. The number of hydrogen-bond acceptors (Lipinski definition) is 5. The molecule has 0 fully saturated rings. The number of fused-ring (bicyclic) bond motifs is 1. The van der Waals surface area contributed by atoms with Crippen molar-refractivity contribution in [3.63, 3.8) is 0 Å². The van der Waals surface area contributed by atoms with Gasteiger partial charge in [0.25, 0.3) is 11.6 Å². The first-order chi connectivity index (χ1) is 13.8. The molecule has 2 amide bonds. The zero-order valence-corrected chi connectivity index (χ0v) is 16.1. The second-order valence-electron chi connectivity index (χ2n) is 7.04. The lowest BCUT2D eigenvalue weighted by atomic mass is 10.1. The van der Waals surface area contributed by atoms with E-state index in [9.17, 15) is 19.7 Å². The van der Waals surface area contributed by atoms with Crippen molar-refractivity contribution in [1.29, 1.82) is 0 Å². The SMILES string of the molecule is CC(C)CN1C(=O)COc2ccc(NC(=O)/C=C/c3ccc([N+](=O)[O-])cc3)cc21. The highest BCUT2D eigenvalue weighted by Gasteiger charge is 2.26. The van der Waals surface area contributed by atoms with Crippen LogP contribution in [0.5, 0.6) is 5.75 Å². The summed E-state index contributed by atoms with van der Waals surface area (Å²) in [6.45, 7) is 4.62. The normalized spacial score (nSPS) is 13.3. The van der Waals surface area contributed by atoms with Crippen LogP contribution >= 0.6 is 0 Å². The molecule has 0 unspecified atom stereocenters. The van der Waals surface area contributed by atoms with Crippen LogP contribution in [0.2, 0.25) is 0 Å². The van der Waals surface area contributed by atoms with E-state index in [2.05, 4.69) is 5.32 Å². The van der Waals surface area contributed by atoms with Crippen molar-refractivity contribution < 1.29 is 19.2 Å². The largest absolute Gasteiger partial charge is 0.482 e. The minimum Gasteiger partial charge on any atom is -0.482 e. The maximum Gasteiger partial charge on any atom is 0.269 e. The number of amides is 2. The molecule has 1 aliphatic rings. The molecule has 0 saturated carbocycles. The van der Waals surface area contributed by atoms with Crippen LogP contribution in [0.4, 0.5) is 17.1 Å². The highest BCUT2D eigenvalue weighted by Crippen LogP contribution is 2.35. The molecule has 0 bridgehead atoms. The van der Waals surface area contributed by atoms with Crippen LogP contribution in [0.3, 0.4) is 0 Å². The molecule has 0 spiro atoms. The van der Waals surface area contributed by atoms with Gasteiger partial charge in [-0.1, -0.05) is 13.8 Å². The number of nitro groups is 1. The average Bonchev–Trinajstić information content (AvgIpc) is 2.69. The van der Waals surface area contributed by atoms with Gasteiger partial charge in [-0.2, -0.15) is 0 Å². The summed E-state index contributed by atoms with van der Waals surface area (Å²) in [4.78, 5) is 36.3. The third kappa shape index (κ3) is 4.98. The summed E-state index contributed by atoms with van der Waals surface area (Å²) in [7, 11) is 0. The van der Waals surface area contributed by atoms with Gasteiger partial charge in [-0.3, -0.25) is 19.7 Å². The Morgan fingerprint density at radius 1 is 1.28 bits per heavy atom. The maximum absolute atomic E-state index is 12.2. The highest BCUT2D eigenvalue weighted by molar-refractivity contribution is 6.03. The van der Waals surface area contributed by atoms with Gasteiger partial charge >= 0.3 is 0 Å². The Labute approximate surface area is 167 Å². The van der Waals surface area contributed by atoms with Crippen LogP contribution < -0.4 is 15.0 Å². The highest BCUT2D eigenvalue weighted by atomic mass is 16.6. The van der Waals surface area contributed by atoms with Gasteiger partial charge in [0, 0.05) is 30.4 Å². The number of nitro benzene ring substituents is 1. The van der Waals surface area contributed by atoms with E-state index in [1.807, 2.05) is 13.8 Å². The molecule has 2 aromatic rings. The first-order valence-corrected chi connectivity index (χ1v) is 9.14. The fraction of sp³-hybridized carbons (Fsp3) is 0.238. The molecule has 0 atom stereocenters. The van der Waals surface area contributed by atoms with E-state index in [0.717, 1.165) is 0 Å². The first-order valence-electron chi connectivity index (χ1n) is 9.14. The Hall–Kier alpha value is -3.68. The van der Waals surface area contributed by atoms with Crippen LogP contribution in [-0.4, -0.2) is 29.9 Å². The van der Waals surface area contributed by atoms with Crippen LogP contribution in [0, 0.1) is 16.0 Å². The second-order valence-corrected chi connectivity index (χ2v) is 7.04. The predicted molar refractivity (Wildman–Crippen MR) is 110 cm³/mol. The Balaban J connectivity index is 1.71. The van der Waals surface area contributed by atoms with E-state index < -0.39 is 4.92 Å². The summed E-state index contributed by atoms with van der Waals surface area (Å²) in [6, 6.07) is 11.0. The monoisotopic (exact) mass is 395 g/mol. The lowest BCUT2D eigenvalue weighted by molar-refractivity contribution is -0.384. The average molecular weight is 395 g/mol. The zero-order chi connectivity index (χ0) is 21.0. The number of non-ortho nitro benzene ring substituents is 1. The molecule has 0 radical (unpaired) electrons. The topological polar surface area (TPSA) is 102 Å². The minimum absolute atomic E-state index is 0.00337. The number of carbonyl (C=O) groups is 2. The van der Waals surface area contributed by atoms with Gasteiger partial charge in [-0.15, -0.1) is 0 Å². The number of rotatable bonds is 6. The molecule has 8 nitrogen and oxygen atoms in total. The molecule has 3 rings (SSSR count). The van der Waals surface area contributed by atoms with Crippen molar-refractivity contribution in [3.05, 3.63) is 64.2 Å². The smallest absolute Gasteiger partial charge is 0.269 e. The van der Waals surface area contributed by atoms with E-state index in [1.54, 1.807) is 41.3 Å². The van der Waals surface area contributed by atoms with Crippen molar-refractivity contribution in [2.45, 2.75) is 13.8 Å². The van der Waals surface area contributed by atoms with Gasteiger partial charge in [0.1, 0.15) is 5.75 Å². The maximum atomic E-state index is 12.2. The summed E-state index contributed by atoms with van der Waals surface area (Å²) in [5, 5.41) is 13.4. The summed E-state index contributed by atoms with van der Waals surface area (Å²) < 4.78 is 5.47. The van der Waals surface area contributed by atoms with Crippen molar-refractivity contribution >= 4 is 35.0 Å². The molecule has 150 valence electrons. The van der Waals surface area contributed by atoms with Gasteiger partial charge < -0.3 is 15.0 Å². The lowest BCUT2D eigenvalue weighted by Crippen LogP contribution is -2.41. The van der Waals surface area contributed by atoms with Gasteiger partial charge in [0.2, 0.25) is 5.91 Å². The predicted octanol–water partition coefficient (Wildman–Crippen LogP) is 3.63. The standard InChI is InChI=1S/C21H21N3O5/c1-14(2)12-23-18-11-16(6-9-19(18)29-13-21(23)26)22-20(25)10-5-15-3-7-17(8-4-15)24(27)28/h3-11,14H,12-13H2,1-2H3,(H,22,25)/b10-5+. The number of benzene rings is 2. The van der Waals surface area contributed by atoms with Crippen LogP contribution in [0.15, 0.2) is 48.5 Å². The van der Waals surface area contributed by atoms with Gasteiger partial charge in [-0.05, 0) is 47.9 Å². The molecule has 1 aliphatic heterocycles. The lowest BCUT2D eigenvalue weighted by Gasteiger charge is -2.31. The van der Waals surface area contributed by atoms with Gasteiger partial charge in [0.05, 0.1) is 10.6 Å². The number of nitrogens with zero attached hydrogens (tertiary/aromatic N) is 2. The third-order valence-corrected chi connectivity index (χ3v) is 4.25. The number of hydrogen-bond donors (Lipinski definition) is 1. The fourth-order valence-corrected chi connectivity index (χ4v) is 2.91. The van der Waals surface area contributed by atoms with Crippen molar-refractivity contribution in [1.82, 2.24) is 0 Å². The third-order valence-electron chi connectivity index (χ3n) is 4.25. The summed E-state index contributed by atoms with van der Waals surface area (Å²) >= 11 is 0. The summed E-state index contributed by atoms with van der Waals surface area (Å²) in [5.74, 6) is 0.409. The first kappa shape index (κ1) is 20.1. The molecule has 0 aliphatic carbocycles. The number of carbonyl (C=O) groups excluding carboxylic acids is 2. The number of ether oxygens (including phenoxy) is 1. The molecule has 0 aromatic heterocycles. The van der Waals surface area contributed by atoms with Crippen molar-refractivity contribution in [2.24, 2.45) is 5.92 Å². The Bertz CT molecular complexity index is 967. The van der Waals surface area contributed by atoms with E-state index in [1.165, 1.54) is 18.2 Å². The molecule has 2 aromatic carbocycles. The number of anilines is 2. The Morgan fingerprint density at radius 3 is 2.66 bits per heavy atom. The van der Waals surface area contributed by atoms with Gasteiger partial charge in [-0.25, -0.2) is 0 Å². The van der Waals surface area contributed by atoms with Crippen molar-refractivity contribution in [3.8, 4) is 5.75 Å². The van der Waals surface area contributed by atoms with Crippen LogP contribution in [0.25, 0.3) is 6.08 Å². The second kappa shape index (κ2) is 8.55. The molecule has 1 N–H and O–H groups in total. The minimum atomic E-state index is -0.479. The van der Waals surface area contributed by atoms with Gasteiger partial charge in [0.15, 0.2) is 6.61 Å². The number of nitrogens with one attached hydrogen (secondary N) is 1. The summed E-state index contributed by atoms with van der Waals surface area (Å²) in [6.07, 6.45) is 2.91. The molecule has 8 heteroatoms. The van der Waals surface area contributed by atoms with Crippen LogP contribution in [0.1, 0.15) is 19.4 Å². The zero-order valence-electron chi connectivity index (χ0n) is 16.1. The summed E-state index contributed by atoms with van der Waals surface area (Å²) in [5.41, 5.74) is 1.82. The quantitative estimate of drug-likeness (QED) is 0.457. The van der Waals surface area contributed by atoms with E-state index in [4.69, 9.17) is 4.74 Å². The molecule has 1 heterocycles.